The molecule has 1 aromatic carbocycles. The molecule has 0 saturated heterocycles. The zero-order valence-electron chi connectivity index (χ0n) is 13.9. The van der Waals surface area contributed by atoms with Crippen molar-refractivity contribution in [3.05, 3.63) is 57.4 Å². The molecule has 25 heavy (non-hydrogen) atoms. The van der Waals surface area contributed by atoms with E-state index in [1.165, 1.54) is 0 Å². The topological polar surface area (TPSA) is 96.4 Å². The molecule has 0 bridgehead atoms. The SMILES string of the molecule is C=C(CC)C(=O)Oc1nn(Cc2ccc(OC)cc2)c(=O)c(Cl)c1N. The molecule has 132 valence electrons. The van der Waals surface area contributed by atoms with Gasteiger partial charge in [-0.1, -0.05) is 37.2 Å². The number of carbonyl (C=O) groups excluding carboxylic acids is 1. The van der Waals surface area contributed by atoms with Gasteiger partial charge in [-0.05, 0) is 24.1 Å². The first-order valence-electron chi connectivity index (χ1n) is 7.46. The first-order valence-corrected chi connectivity index (χ1v) is 7.84. The highest BCUT2D eigenvalue weighted by molar-refractivity contribution is 6.33. The summed E-state index contributed by atoms with van der Waals surface area (Å²) in [6.45, 7) is 5.48. The molecule has 0 aliphatic heterocycles. The number of nitrogen functional groups attached to an aromatic ring is 1. The maximum atomic E-state index is 12.3. The van der Waals surface area contributed by atoms with E-state index in [-0.39, 0.29) is 28.7 Å². The molecular formula is C17H18ClN3O4. The monoisotopic (exact) mass is 363 g/mol. The maximum absolute atomic E-state index is 12.3. The third-order valence-electron chi connectivity index (χ3n) is 3.50. The predicted octanol–water partition coefficient (Wildman–Crippen LogP) is 2.41. The predicted molar refractivity (Wildman–Crippen MR) is 95.1 cm³/mol. The quantitative estimate of drug-likeness (QED) is 0.625. The number of rotatable bonds is 6. The van der Waals surface area contributed by atoms with Gasteiger partial charge in [-0.2, -0.15) is 0 Å². The van der Waals surface area contributed by atoms with Crippen LogP contribution >= 0.6 is 11.6 Å². The van der Waals surface area contributed by atoms with Gasteiger partial charge in [0.15, 0.2) is 0 Å². The molecule has 0 aliphatic carbocycles. The van der Waals surface area contributed by atoms with Crippen molar-refractivity contribution in [3.63, 3.8) is 0 Å². The summed E-state index contributed by atoms with van der Waals surface area (Å²) < 4.78 is 11.3. The van der Waals surface area contributed by atoms with Crippen molar-refractivity contribution in [2.45, 2.75) is 19.9 Å². The minimum atomic E-state index is -0.674. The largest absolute Gasteiger partial charge is 0.497 e. The highest BCUT2D eigenvalue weighted by Crippen LogP contribution is 2.24. The molecule has 2 aromatic rings. The van der Waals surface area contributed by atoms with Gasteiger partial charge in [0.25, 0.3) is 11.4 Å². The van der Waals surface area contributed by atoms with Crippen LogP contribution in [0.25, 0.3) is 0 Å². The summed E-state index contributed by atoms with van der Waals surface area (Å²) in [6, 6.07) is 7.07. The van der Waals surface area contributed by atoms with Crippen LogP contribution in [0.4, 0.5) is 5.69 Å². The number of benzene rings is 1. The summed E-state index contributed by atoms with van der Waals surface area (Å²) in [6.07, 6.45) is 0.415. The van der Waals surface area contributed by atoms with Gasteiger partial charge in [0.2, 0.25) is 0 Å². The summed E-state index contributed by atoms with van der Waals surface area (Å²) in [7, 11) is 1.56. The number of methoxy groups -OCH3 is 1. The van der Waals surface area contributed by atoms with Gasteiger partial charge in [0.05, 0.1) is 13.7 Å². The molecule has 0 amide bonds. The van der Waals surface area contributed by atoms with Crippen LogP contribution in [-0.2, 0) is 11.3 Å². The number of hydrogen-bond acceptors (Lipinski definition) is 6. The summed E-state index contributed by atoms with van der Waals surface area (Å²) in [4.78, 5) is 24.1. The van der Waals surface area contributed by atoms with E-state index in [2.05, 4.69) is 11.7 Å². The minimum absolute atomic E-state index is 0.127. The van der Waals surface area contributed by atoms with Crippen LogP contribution in [0.3, 0.4) is 0 Å². The van der Waals surface area contributed by atoms with E-state index in [0.717, 1.165) is 10.2 Å². The van der Waals surface area contributed by atoms with Crippen LogP contribution in [-0.4, -0.2) is 22.9 Å². The van der Waals surface area contributed by atoms with E-state index in [0.29, 0.717) is 12.2 Å². The molecule has 2 rings (SSSR count). The molecule has 0 atom stereocenters. The molecule has 0 unspecified atom stereocenters. The van der Waals surface area contributed by atoms with Crippen LogP contribution in [0.5, 0.6) is 11.6 Å². The van der Waals surface area contributed by atoms with Crippen molar-refractivity contribution < 1.29 is 14.3 Å². The Morgan fingerprint density at radius 3 is 2.56 bits per heavy atom. The summed E-state index contributed by atoms with van der Waals surface area (Å²) >= 11 is 5.97. The summed E-state index contributed by atoms with van der Waals surface area (Å²) in [5.74, 6) is -0.211. The third kappa shape index (κ3) is 4.19. The van der Waals surface area contributed by atoms with Crippen LogP contribution in [0, 0.1) is 0 Å². The molecule has 8 heteroatoms. The van der Waals surface area contributed by atoms with Crippen molar-refractivity contribution >= 4 is 23.3 Å². The highest BCUT2D eigenvalue weighted by Gasteiger charge is 2.18. The standard InChI is InChI=1S/C17H18ClN3O4/c1-4-10(2)17(23)25-15-14(19)13(18)16(22)21(20-15)9-11-5-7-12(24-3)8-6-11/h5-8H,2,4,9,19H2,1,3H3. The zero-order chi connectivity index (χ0) is 18.6. The van der Waals surface area contributed by atoms with Gasteiger partial charge in [-0.15, -0.1) is 5.10 Å². The average molecular weight is 364 g/mol. The van der Waals surface area contributed by atoms with Gasteiger partial charge in [-0.25, -0.2) is 9.48 Å². The maximum Gasteiger partial charge on any atom is 0.340 e. The number of nitrogens with zero attached hydrogens (tertiary/aromatic N) is 2. The first kappa shape index (κ1) is 18.5. The lowest BCUT2D eigenvalue weighted by molar-refractivity contribution is -0.130. The van der Waals surface area contributed by atoms with E-state index in [1.807, 2.05) is 0 Å². The zero-order valence-corrected chi connectivity index (χ0v) is 14.7. The highest BCUT2D eigenvalue weighted by atomic mass is 35.5. The van der Waals surface area contributed by atoms with Crippen LogP contribution in [0.15, 0.2) is 41.2 Å². The van der Waals surface area contributed by atoms with Gasteiger partial charge in [0.1, 0.15) is 16.5 Å². The number of esters is 1. The van der Waals surface area contributed by atoms with Crippen molar-refractivity contribution in [1.29, 1.82) is 0 Å². The lowest BCUT2D eigenvalue weighted by atomic mass is 10.2. The molecule has 2 N–H and O–H groups in total. The van der Waals surface area contributed by atoms with Crippen molar-refractivity contribution in [2.75, 3.05) is 12.8 Å². The van der Waals surface area contributed by atoms with Gasteiger partial charge in [-0.3, -0.25) is 4.79 Å². The van der Waals surface area contributed by atoms with Crippen LogP contribution in [0.2, 0.25) is 5.02 Å². The number of hydrogen-bond donors (Lipinski definition) is 1. The van der Waals surface area contributed by atoms with Gasteiger partial charge < -0.3 is 15.2 Å². The Bertz CT molecular complexity index is 859. The van der Waals surface area contributed by atoms with E-state index in [1.54, 1.807) is 38.3 Å². The van der Waals surface area contributed by atoms with Crippen LogP contribution in [0.1, 0.15) is 18.9 Å². The number of aromatic nitrogens is 2. The Morgan fingerprint density at radius 2 is 2.00 bits per heavy atom. The Hall–Kier alpha value is -2.80. The second kappa shape index (κ2) is 7.85. The number of carbonyl (C=O) groups is 1. The number of halogens is 1. The fourth-order valence-electron chi connectivity index (χ4n) is 1.92. The number of ether oxygens (including phenoxy) is 2. The number of nitrogens with two attached hydrogens (primary N) is 1. The van der Waals surface area contributed by atoms with Gasteiger partial charge in [0, 0.05) is 5.57 Å². The molecule has 0 saturated carbocycles. The first-order chi connectivity index (χ1) is 11.9. The molecular weight excluding hydrogens is 346 g/mol. The Kier molecular flexibility index (Phi) is 5.82. The Balaban J connectivity index is 2.36. The summed E-state index contributed by atoms with van der Waals surface area (Å²) in [5.41, 5.74) is 6.02. The lowest BCUT2D eigenvalue weighted by Crippen LogP contribution is -2.27. The van der Waals surface area contributed by atoms with Gasteiger partial charge >= 0.3 is 5.97 Å². The average Bonchev–Trinajstić information content (AvgIpc) is 2.63. The van der Waals surface area contributed by atoms with Crippen molar-refractivity contribution in [2.24, 2.45) is 0 Å². The van der Waals surface area contributed by atoms with E-state index < -0.39 is 11.5 Å². The molecule has 0 aliphatic rings. The third-order valence-corrected chi connectivity index (χ3v) is 3.86. The minimum Gasteiger partial charge on any atom is -0.497 e. The molecule has 0 spiro atoms. The fraction of sp³-hybridized carbons (Fsp3) is 0.235. The van der Waals surface area contributed by atoms with E-state index >= 15 is 0 Å². The molecule has 0 fully saturated rings. The second-order valence-corrected chi connectivity index (χ2v) is 5.57. The second-order valence-electron chi connectivity index (χ2n) is 5.19. The Labute approximate surface area is 149 Å². The normalized spacial score (nSPS) is 10.4. The summed E-state index contributed by atoms with van der Waals surface area (Å²) in [5, 5.41) is 3.75. The molecule has 1 heterocycles. The Morgan fingerprint density at radius 1 is 1.36 bits per heavy atom. The van der Waals surface area contributed by atoms with E-state index in [9.17, 15) is 9.59 Å². The molecule has 0 radical (unpaired) electrons. The molecule has 1 aromatic heterocycles. The lowest BCUT2D eigenvalue weighted by Gasteiger charge is -2.12. The van der Waals surface area contributed by atoms with Crippen molar-refractivity contribution in [1.82, 2.24) is 9.78 Å². The smallest absolute Gasteiger partial charge is 0.340 e. The van der Waals surface area contributed by atoms with E-state index in [4.69, 9.17) is 26.8 Å². The fourth-order valence-corrected chi connectivity index (χ4v) is 2.10. The molecule has 7 nitrogen and oxygen atoms in total. The number of anilines is 1. The van der Waals surface area contributed by atoms with Crippen molar-refractivity contribution in [3.8, 4) is 11.6 Å². The van der Waals surface area contributed by atoms with Crippen LogP contribution < -0.4 is 20.8 Å².